The van der Waals surface area contributed by atoms with E-state index in [0.29, 0.717) is 24.5 Å². The number of rotatable bonds is 19. The van der Waals surface area contributed by atoms with E-state index in [9.17, 15) is 9.59 Å². The van der Waals surface area contributed by atoms with E-state index in [1.54, 1.807) is 23.5 Å². The number of hydrogen-bond acceptors (Lipinski definition) is 7. The van der Waals surface area contributed by atoms with Crippen molar-refractivity contribution in [1.29, 1.82) is 0 Å². The number of pyridine rings is 1. The molecule has 4 aromatic rings. The Bertz CT molecular complexity index is 1590. The van der Waals surface area contributed by atoms with Gasteiger partial charge in [0.05, 0.1) is 18.7 Å². The van der Waals surface area contributed by atoms with Gasteiger partial charge < -0.3 is 14.4 Å². The number of thiophene rings is 1. The number of piperazine rings is 1. The molecule has 254 valence electrons. The molecule has 0 atom stereocenters. The zero-order valence-electron chi connectivity index (χ0n) is 28.3. The average molecular weight is 660 g/mol. The Morgan fingerprint density at radius 2 is 1.47 bits per heavy atom. The molecule has 1 aliphatic heterocycles. The van der Waals surface area contributed by atoms with Crippen LogP contribution < -0.4 is 15.2 Å². The number of unbranched alkanes of at least 4 members (excludes halogenated alkanes) is 11. The van der Waals surface area contributed by atoms with Gasteiger partial charge in [-0.15, -0.1) is 11.3 Å². The first-order valence-electron chi connectivity index (χ1n) is 18.0. The highest BCUT2D eigenvalue weighted by Crippen LogP contribution is 2.31. The van der Waals surface area contributed by atoms with Crippen LogP contribution in [0.25, 0.3) is 21.0 Å². The summed E-state index contributed by atoms with van der Waals surface area (Å²) in [4.78, 5) is 30.7. The maximum atomic E-state index is 13.0. The van der Waals surface area contributed by atoms with Gasteiger partial charge in [-0.3, -0.25) is 9.69 Å². The van der Waals surface area contributed by atoms with E-state index in [1.165, 1.54) is 73.2 Å². The van der Waals surface area contributed by atoms with Gasteiger partial charge in [0.15, 0.2) is 0 Å². The molecule has 1 saturated heterocycles. The maximum absolute atomic E-state index is 13.0. The second kappa shape index (κ2) is 18.8. The topological polar surface area (TPSA) is 64.0 Å². The molecule has 1 fully saturated rings. The number of hydrogen-bond donors (Lipinski definition) is 0. The number of benzene rings is 2. The van der Waals surface area contributed by atoms with E-state index >= 15 is 0 Å². The molecule has 0 aliphatic carbocycles. The summed E-state index contributed by atoms with van der Waals surface area (Å²) in [5.41, 5.74) is 1.50. The molecule has 0 spiro atoms. The molecule has 0 bridgehead atoms. The van der Waals surface area contributed by atoms with Crippen molar-refractivity contribution in [1.82, 2.24) is 9.47 Å². The lowest BCUT2D eigenvalue weighted by atomic mass is 10.1. The van der Waals surface area contributed by atoms with Crippen LogP contribution in [0.15, 0.2) is 64.8 Å². The zero-order chi connectivity index (χ0) is 32.7. The molecule has 0 saturated carbocycles. The van der Waals surface area contributed by atoms with Gasteiger partial charge in [-0.25, -0.2) is 9.36 Å². The smallest absolute Gasteiger partial charge is 0.421 e. The molecule has 0 radical (unpaired) electrons. The van der Waals surface area contributed by atoms with Gasteiger partial charge in [0, 0.05) is 54.1 Å². The third-order valence-corrected chi connectivity index (χ3v) is 10.2. The molecule has 1 aliphatic rings. The highest BCUT2D eigenvalue weighted by molar-refractivity contribution is 7.17. The fraction of sp³-hybridized carbons (Fsp3) is 0.538. The summed E-state index contributed by atoms with van der Waals surface area (Å²) < 4.78 is 14.1. The SMILES string of the molecule is CCCCCCCCCCCCCOC(=O)n1c(=O)ccc2ccc(OCCCCN3CCN(c4cccc5sccc45)CC3)cc21. The van der Waals surface area contributed by atoms with E-state index in [4.69, 9.17) is 9.47 Å². The van der Waals surface area contributed by atoms with Crippen LogP contribution in [-0.2, 0) is 4.74 Å². The van der Waals surface area contributed by atoms with E-state index in [0.717, 1.165) is 74.8 Å². The zero-order valence-corrected chi connectivity index (χ0v) is 29.1. The van der Waals surface area contributed by atoms with Crippen molar-refractivity contribution in [2.75, 3.05) is 50.8 Å². The van der Waals surface area contributed by atoms with Gasteiger partial charge >= 0.3 is 6.09 Å². The lowest BCUT2D eigenvalue weighted by molar-refractivity contribution is 0.145. The Hall–Kier alpha value is -3.36. The van der Waals surface area contributed by atoms with E-state index in [-0.39, 0.29) is 5.56 Å². The van der Waals surface area contributed by atoms with Crippen LogP contribution in [0.5, 0.6) is 5.75 Å². The highest BCUT2D eigenvalue weighted by atomic mass is 32.1. The summed E-state index contributed by atoms with van der Waals surface area (Å²) in [5, 5.41) is 4.35. The summed E-state index contributed by atoms with van der Waals surface area (Å²) in [6.07, 6.45) is 15.0. The molecule has 0 N–H and O–H groups in total. The maximum Gasteiger partial charge on any atom is 0.421 e. The third kappa shape index (κ3) is 10.3. The van der Waals surface area contributed by atoms with Gasteiger partial charge in [0.25, 0.3) is 5.56 Å². The summed E-state index contributed by atoms with van der Waals surface area (Å²) in [5.74, 6) is 0.659. The van der Waals surface area contributed by atoms with Crippen LogP contribution in [-0.4, -0.2) is 61.5 Å². The highest BCUT2D eigenvalue weighted by Gasteiger charge is 2.19. The van der Waals surface area contributed by atoms with Gasteiger partial charge in [-0.1, -0.05) is 77.2 Å². The lowest BCUT2D eigenvalue weighted by Crippen LogP contribution is -2.46. The first-order valence-corrected chi connectivity index (χ1v) is 18.9. The first-order chi connectivity index (χ1) is 23.1. The Labute approximate surface area is 284 Å². The quantitative estimate of drug-likeness (QED) is 0.0935. The Morgan fingerprint density at radius 1 is 0.766 bits per heavy atom. The predicted octanol–water partition coefficient (Wildman–Crippen LogP) is 9.49. The van der Waals surface area contributed by atoms with Gasteiger partial charge in [0.2, 0.25) is 0 Å². The normalized spacial score (nSPS) is 13.9. The van der Waals surface area contributed by atoms with Crippen LogP contribution in [0.2, 0.25) is 0 Å². The Morgan fingerprint density at radius 3 is 2.23 bits per heavy atom. The van der Waals surface area contributed by atoms with Crippen molar-refractivity contribution in [2.45, 2.75) is 90.4 Å². The number of aromatic nitrogens is 1. The minimum atomic E-state index is -0.614. The van der Waals surface area contributed by atoms with Crippen molar-refractivity contribution < 1.29 is 14.3 Å². The third-order valence-electron chi connectivity index (χ3n) is 9.35. The molecular weight excluding hydrogens is 607 g/mol. The van der Waals surface area contributed by atoms with E-state index in [2.05, 4.69) is 46.4 Å². The fourth-order valence-corrected chi connectivity index (χ4v) is 7.38. The predicted molar refractivity (Wildman–Crippen MR) is 197 cm³/mol. The van der Waals surface area contributed by atoms with Crippen LogP contribution in [0.1, 0.15) is 90.4 Å². The van der Waals surface area contributed by atoms with Gasteiger partial charge in [-0.2, -0.15) is 0 Å². The number of ether oxygens (including phenoxy) is 2. The Kier molecular flexibility index (Phi) is 14.0. The second-order valence-electron chi connectivity index (χ2n) is 12.9. The minimum absolute atomic E-state index is 0.328. The van der Waals surface area contributed by atoms with Gasteiger partial charge in [-0.05, 0) is 73.0 Å². The number of carbonyl (C=O) groups excluding carboxylic acids is 1. The second-order valence-corrected chi connectivity index (χ2v) is 13.8. The van der Waals surface area contributed by atoms with Crippen molar-refractivity contribution in [3.8, 4) is 5.75 Å². The first kappa shape index (κ1) is 35.0. The molecule has 2 aromatic carbocycles. The molecule has 7 nitrogen and oxygen atoms in total. The molecule has 8 heteroatoms. The summed E-state index contributed by atoms with van der Waals surface area (Å²) in [6, 6.07) is 17.6. The molecule has 2 aromatic heterocycles. The average Bonchev–Trinajstić information content (AvgIpc) is 3.58. The number of anilines is 1. The number of carbonyl (C=O) groups is 1. The van der Waals surface area contributed by atoms with Crippen molar-refractivity contribution in [3.05, 3.63) is 70.3 Å². The van der Waals surface area contributed by atoms with E-state index < -0.39 is 6.09 Å². The summed E-state index contributed by atoms with van der Waals surface area (Å²) in [7, 11) is 0. The standard InChI is InChI=1S/C39H53N3O4S/c1-2-3-4-5-6-7-8-9-10-11-13-29-46-39(44)42-36-31-33(20-18-32(36)19-21-38(42)43)45-28-14-12-23-40-24-26-41(27-25-40)35-16-15-17-37-34(35)22-30-47-37/h15-22,30-31H,2-14,23-29H2,1H3. The van der Waals surface area contributed by atoms with Crippen LogP contribution >= 0.6 is 11.3 Å². The molecule has 3 heterocycles. The van der Waals surface area contributed by atoms with Crippen molar-refractivity contribution in [2.24, 2.45) is 0 Å². The number of fused-ring (bicyclic) bond motifs is 2. The largest absolute Gasteiger partial charge is 0.494 e. The number of nitrogens with zero attached hydrogens (tertiary/aromatic N) is 3. The summed E-state index contributed by atoms with van der Waals surface area (Å²) >= 11 is 1.81. The molecule has 5 rings (SSSR count). The van der Waals surface area contributed by atoms with Crippen LogP contribution in [0, 0.1) is 0 Å². The van der Waals surface area contributed by atoms with Crippen molar-refractivity contribution >= 4 is 44.1 Å². The summed E-state index contributed by atoms with van der Waals surface area (Å²) in [6.45, 7) is 8.46. The minimum Gasteiger partial charge on any atom is -0.494 e. The van der Waals surface area contributed by atoms with Gasteiger partial charge in [0.1, 0.15) is 5.75 Å². The molecule has 0 amide bonds. The molecule has 0 unspecified atom stereocenters. The monoisotopic (exact) mass is 659 g/mol. The van der Waals surface area contributed by atoms with Crippen LogP contribution in [0.4, 0.5) is 10.5 Å². The van der Waals surface area contributed by atoms with Crippen molar-refractivity contribution in [3.63, 3.8) is 0 Å². The lowest BCUT2D eigenvalue weighted by Gasteiger charge is -2.36. The Balaban J connectivity index is 0.994. The van der Waals surface area contributed by atoms with E-state index in [1.807, 2.05) is 12.1 Å². The molecule has 47 heavy (non-hydrogen) atoms. The fourth-order valence-electron chi connectivity index (χ4n) is 6.57. The molecular formula is C39H53N3O4S. The van der Waals surface area contributed by atoms with Crippen LogP contribution in [0.3, 0.4) is 0 Å².